The zero-order valence-corrected chi connectivity index (χ0v) is 6.19. The van der Waals surface area contributed by atoms with E-state index >= 15 is 0 Å². The molecule has 0 rings (SSSR count). The molecule has 0 radical (unpaired) electrons. The van der Waals surface area contributed by atoms with Gasteiger partial charge in [-0.3, -0.25) is 0 Å². The molecule has 0 saturated carbocycles. The summed E-state index contributed by atoms with van der Waals surface area (Å²) in [7, 11) is 0. The Bertz CT molecular complexity index is 15.5. The van der Waals surface area contributed by atoms with Gasteiger partial charge in [0.25, 0.3) is 0 Å². The molecule has 0 aliphatic heterocycles. The molecule has 0 fully saturated rings. The second kappa shape index (κ2) is 9.10. The van der Waals surface area contributed by atoms with Crippen LogP contribution in [-0.4, -0.2) is 15.6 Å². The Balaban J connectivity index is 0. The summed E-state index contributed by atoms with van der Waals surface area (Å²) in [4.78, 5) is 0. The quantitative estimate of drug-likeness (QED) is 0.416. The van der Waals surface area contributed by atoms with Crippen molar-refractivity contribution < 1.29 is 26.8 Å². The summed E-state index contributed by atoms with van der Waals surface area (Å²) in [5.41, 5.74) is 0. The van der Waals surface area contributed by atoms with Gasteiger partial charge in [-0.15, -0.1) is 0 Å². The van der Waals surface area contributed by atoms with Crippen LogP contribution >= 0.6 is 0 Å². The average molecular weight is 127 g/mol. The number of rotatable bonds is 0. The Morgan fingerprint density at radius 2 is 1.75 bits per heavy atom. The summed E-state index contributed by atoms with van der Waals surface area (Å²) in [5, 5.41) is 0. The van der Waals surface area contributed by atoms with Gasteiger partial charge in [0.15, 0.2) is 0 Å². The van der Waals surface area contributed by atoms with E-state index in [1.54, 1.807) is 0 Å². The Morgan fingerprint density at radius 3 is 1.75 bits per heavy atom. The van der Waals surface area contributed by atoms with Crippen molar-refractivity contribution in [1.29, 1.82) is 0 Å². The zero-order chi connectivity index (χ0) is 2.71. The molecule has 0 bridgehead atoms. The Morgan fingerprint density at radius 1 is 1.75 bits per heavy atom. The van der Waals surface area contributed by atoms with Gasteiger partial charge in [0.1, 0.15) is 0 Å². The molecule has 0 heterocycles. The van der Waals surface area contributed by atoms with Gasteiger partial charge in [0.05, 0.1) is 0 Å². The van der Waals surface area contributed by atoms with Crippen molar-refractivity contribution in [3.8, 4) is 0 Å². The van der Waals surface area contributed by atoms with Gasteiger partial charge in [-0.25, -0.2) is 0 Å². The third kappa shape index (κ3) is 13.1. The number of halogens is 1. The van der Waals surface area contributed by atoms with Crippen molar-refractivity contribution in [2.24, 2.45) is 0 Å². The van der Waals surface area contributed by atoms with Gasteiger partial charge in [-0.05, 0) is 0 Å². The van der Waals surface area contributed by atoms with E-state index in [0.29, 0.717) is 0 Å². The van der Waals surface area contributed by atoms with Gasteiger partial charge in [0, 0.05) is 19.5 Å². The number of hydrogen-bond acceptors (Lipinski definition) is 1. The average Bonchev–Trinajstić information content (AvgIpc) is 0.918. The Labute approximate surface area is 42.7 Å². The van der Waals surface area contributed by atoms with Crippen LogP contribution in [0.4, 0.5) is 3.52 Å². The minimum atomic E-state index is -2.00. The summed E-state index contributed by atoms with van der Waals surface area (Å²) < 4.78 is 18.2. The largest absolute Gasteiger partial charge is 0 e. The SMILES string of the molecule is [O]=[Al][F].[Zn]. The second-order valence-electron chi connectivity index (χ2n) is 0.0891. The zero-order valence-electron chi connectivity index (χ0n) is 2.07. The van der Waals surface area contributed by atoms with Crippen LogP contribution in [0.1, 0.15) is 0 Å². The molecule has 0 aromatic heterocycles. The van der Waals surface area contributed by atoms with Crippen molar-refractivity contribution >= 4 is 15.6 Å². The maximum absolute atomic E-state index is 9.82. The van der Waals surface area contributed by atoms with Crippen LogP contribution in [-0.2, 0) is 23.3 Å². The monoisotopic (exact) mass is 126 g/mol. The van der Waals surface area contributed by atoms with E-state index in [1.807, 2.05) is 0 Å². The van der Waals surface area contributed by atoms with E-state index in [2.05, 4.69) is 0 Å². The second-order valence-corrected chi connectivity index (χ2v) is 0.267. The van der Waals surface area contributed by atoms with Gasteiger partial charge < -0.3 is 0 Å². The first-order chi connectivity index (χ1) is 1.41. The van der Waals surface area contributed by atoms with Gasteiger partial charge in [-0.2, -0.15) is 0 Å². The topological polar surface area (TPSA) is 17.1 Å². The fraction of sp³-hybridized carbons (Fsp3) is 0. The van der Waals surface area contributed by atoms with Crippen LogP contribution in [0.25, 0.3) is 0 Å². The molecule has 4 heavy (non-hydrogen) atoms. The van der Waals surface area contributed by atoms with Crippen molar-refractivity contribution in [3.05, 3.63) is 0 Å². The van der Waals surface area contributed by atoms with Crippen LogP contribution in [0, 0.1) is 0 Å². The molecule has 0 aromatic carbocycles. The normalized spacial score (nSPS) is 2.25. The van der Waals surface area contributed by atoms with E-state index in [9.17, 15) is 3.52 Å². The molecule has 0 amide bonds. The molecule has 0 saturated heterocycles. The van der Waals surface area contributed by atoms with Crippen molar-refractivity contribution in [1.82, 2.24) is 0 Å². The first-order valence-corrected chi connectivity index (χ1v) is 1.36. The van der Waals surface area contributed by atoms with Gasteiger partial charge in [0.2, 0.25) is 0 Å². The fourth-order valence-corrected chi connectivity index (χ4v) is 0. The van der Waals surface area contributed by atoms with E-state index in [4.69, 9.17) is 3.80 Å². The molecule has 1 nitrogen and oxygen atoms in total. The first-order valence-electron chi connectivity index (χ1n) is 0.454. The minimum Gasteiger partial charge on any atom is 0 e. The van der Waals surface area contributed by atoms with E-state index in [-0.39, 0.29) is 19.5 Å². The Hall–Kier alpha value is 0.886. The molecule has 0 N–H and O–H groups in total. The molecule has 0 unspecified atom stereocenters. The number of hydrogen-bond donors (Lipinski definition) is 0. The predicted molar refractivity (Wildman–Crippen MR) is 7.55 cm³/mol. The minimum absolute atomic E-state index is 0. The van der Waals surface area contributed by atoms with Crippen LogP contribution in [0.5, 0.6) is 0 Å². The summed E-state index contributed by atoms with van der Waals surface area (Å²) in [6.07, 6.45) is 0. The van der Waals surface area contributed by atoms with Gasteiger partial charge in [-0.1, -0.05) is 0 Å². The van der Waals surface area contributed by atoms with Crippen LogP contribution in [0.3, 0.4) is 0 Å². The molecule has 0 spiro atoms. The van der Waals surface area contributed by atoms with E-state index in [0.717, 1.165) is 0 Å². The maximum atomic E-state index is 9.82. The predicted octanol–water partition coefficient (Wildman–Crippen LogP) is -0.0819. The first kappa shape index (κ1) is 8.86. The molecule has 0 atom stereocenters. The molecule has 0 aliphatic carbocycles. The summed E-state index contributed by atoms with van der Waals surface area (Å²) in [6.45, 7) is 0. The summed E-state index contributed by atoms with van der Waals surface area (Å²) >= 11 is -2.00. The molecule has 0 aliphatic rings. The van der Waals surface area contributed by atoms with E-state index in [1.165, 1.54) is 0 Å². The molecular formula is AlFOZn. The van der Waals surface area contributed by atoms with E-state index < -0.39 is 15.6 Å². The fourth-order valence-electron chi connectivity index (χ4n) is 0. The van der Waals surface area contributed by atoms with Crippen LogP contribution in [0.2, 0.25) is 0 Å². The van der Waals surface area contributed by atoms with Crippen LogP contribution in [0.15, 0.2) is 0 Å². The van der Waals surface area contributed by atoms with Crippen LogP contribution < -0.4 is 0 Å². The van der Waals surface area contributed by atoms with Crippen molar-refractivity contribution in [2.45, 2.75) is 0 Å². The molecular weight excluding hydrogens is 127 g/mol. The van der Waals surface area contributed by atoms with Crippen molar-refractivity contribution in [2.75, 3.05) is 0 Å². The maximum Gasteiger partial charge on any atom is 0 e. The standard InChI is InChI=1S/Al.FH.O.Zn/h;1H;;/q+1;;;/p-1. The third-order valence-corrected chi connectivity index (χ3v) is 0. The van der Waals surface area contributed by atoms with Crippen molar-refractivity contribution in [3.63, 3.8) is 0 Å². The Kier molecular flexibility index (Phi) is 20.2. The summed E-state index contributed by atoms with van der Waals surface area (Å²) in [5.74, 6) is 0. The third-order valence-electron chi connectivity index (χ3n) is 0. The molecule has 18 valence electrons. The molecule has 0 aromatic rings. The van der Waals surface area contributed by atoms with Gasteiger partial charge >= 0.3 is 22.9 Å². The molecule has 4 heteroatoms. The summed E-state index contributed by atoms with van der Waals surface area (Å²) in [6, 6.07) is 0. The smallest absolute Gasteiger partial charge is 0 e.